The number of carbonyl (C=O) groups excluding carboxylic acids is 1. The van der Waals surface area contributed by atoms with Crippen LogP contribution in [-0.2, 0) is 0 Å². The molecule has 6 nitrogen and oxygen atoms in total. The SMILES string of the molecule is COc1cc(OC)cc(C(=O)Nc2ccc(-c3cc4ccccc4oc3=O)c(Cl)c2)c1. The summed E-state index contributed by atoms with van der Waals surface area (Å²) in [5.41, 5.74) is 1.73. The molecule has 4 rings (SSSR count). The predicted molar refractivity (Wildman–Crippen MR) is 120 cm³/mol. The summed E-state index contributed by atoms with van der Waals surface area (Å²) >= 11 is 6.44. The Hall–Kier alpha value is -3.77. The molecule has 0 saturated carbocycles. The number of nitrogens with one attached hydrogen (secondary N) is 1. The van der Waals surface area contributed by atoms with Gasteiger partial charge in [-0.25, -0.2) is 4.79 Å². The smallest absolute Gasteiger partial charge is 0.344 e. The maximum Gasteiger partial charge on any atom is 0.344 e. The van der Waals surface area contributed by atoms with Crippen LogP contribution in [0.15, 0.2) is 75.9 Å². The van der Waals surface area contributed by atoms with Crippen molar-refractivity contribution < 1.29 is 18.7 Å². The maximum absolute atomic E-state index is 12.7. The van der Waals surface area contributed by atoms with Gasteiger partial charge in [-0.2, -0.15) is 0 Å². The Kier molecular flexibility index (Phi) is 5.64. The van der Waals surface area contributed by atoms with E-state index in [4.69, 9.17) is 25.5 Å². The molecule has 4 aromatic rings. The zero-order valence-electron chi connectivity index (χ0n) is 16.8. The minimum Gasteiger partial charge on any atom is -0.497 e. The molecule has 0 unspecified atom stereocenters. The van der Waals surface area contributed by atoms with Crippen molar-refractivity contribution in [3.63, 3.8) is 0 Å². The van der Waals surface area contributed by atoms with Gasteiger partial charge in [0.2, 0.25) is 0 Å². The van der Waals surface area contributed by atoms with Crippen molar-refractivity contribution in [3.05, 3.63) is 87.7 Å². The summed E-state index contributed by atoms with van der Waals surface area (Å²) in [6.07, 6.45) is 0. The highest BCUT2D eigenvalue weighted by Crippen LogP contribution is 2.31. The van der Waals surface area contributed by atoms with Gasteiger partial charge in [-0.3, -0.25) is 4.79 Å². The van der Waals surface area contributed by atoms with Gasteiger partial charge in [0.25, 0.3) is 5.91 Å². The number of carbonyl (C=O) groups is 1. The molecule has 0 aliphatic heterocycles. The monoisotopic (exact) mass is 435 g/mol. The number of fused-ring (bicyclic) bond motifs is 1. The van der Waals surface area contributed by atoms with E-state index in [2.05, 4.69) is 5.32 Å². The number of methoxy groups -OCH3 is 2. The van der Waals surface area contributed by atoms with Crippen molar-refractivity contribution in [2.45, 2.75) is 0 Å². The number of hydrogen-bond donors (Lipinski definition) is 1. The minimum atomic E-state index is -0.485. The van der Waals surface area contributed by atoms with E-state index in [1.54, 1.807) is 54.6 Å². The molecule has 0 bridgehead atoms. The third-order valence-electron chi connectivity index (χ3n) is 4.77. The fourth-order valence-electron chi connectivity index (χ4n) is 3.20. The number of ether oxygens (including phenoxy) is 2. The third-order valence-corrected chi connectivity index (χ3v) is 5.08. The number of benzene rings is 3. The fraction of sp³-hybridized carbons (Fsp3) is 0.0833. The summed E-state index contributed by atoms with van der Waals surface area (Å²) in [6.45, 7) is 0. The minimum absolute atomic E-state index is 0.309. The Morgan fingerprint density at radius 1 is 0.903 bits per heavy atom. The van der Waals surface area contributed by atoms with Gasteiger partial charge in [-0.1, -0.05) is 35.9 Å². The summed E-state index contributed by atoms with van der Waals surface area (Å²) in [4.78, 5) is 25.1. The van der Waals surface area contributed by atoms with Gasteiger partial charge in [-0.15, -0.1) is 0 Å². The molecular weight excluding hydrogens is 418 g/mol. The van der Waals surface area contributed by atoms with E-state index < -0.39 is 5.63 Å². The van der Waals surface area contributed by atoms with Crippen LogP contribution in [0.25, 0.3) is 22.1 Å². The van der Waals surface area contributed by atoms with Crippen LogP contribution in [0.3, 0.4) is 0 Å². The highest BCUT2D eigenvalue weighted by molar-refractivity contribution is 6.33. The summed E-state index contributed by atoms with van der Waals surface area (Å²) in [5, 5.41) is 3.89. The molecule has 0 radical (unpaired) electrons. The molecule has 0 atom stereocenters. The Labute approximate surface area is 183 Å². The van der Waals surface area contributed by atoms with E-state index in [9.17, 15) is 9.59 Å². The van der Waals surface area contributed by atoms with Crippen LogP contribution in [0, 0.1) is 0 Å². The average Bonchev–Trinajstić information content (AvgIpc) is 2.78. The quantitative estimate of drug-likeness (QED) is 0.425. The van der Waals surface area contributed by atoms with Crippen molar-refractivity contribution in [1.82, 2.24) is 0 Å². The Morgan fingerprint density at radius 2 is 1.61 bits per heavy atom. The van der Waals surface area contributed by atoms with Gasteiger partial charge in [0, 0.05) is 28.3 Å². The zero-order valence-corrected chi connectivity index (χ0v) is 17.5. The van der Waals surface area contributed by atoms with E-state index in [0.29, 0.717) is 44.5 Å². The lowest BCUT2D eigenvalue weighted by molar-refractivity contribution is 0.102. The highest BCUT2D eigenvalue weighted by atomic mass is 35.5. The molecule has 0 aliphatic carbocycles. The van der Waals surface area contributed by atoms with Crippen molar-refractivity contribution in [3.8, 4) is 22.6 Å². The van der Waals surface area contributed by atoms with Crippen molar-refractivity contribution in [2.24, 2.45) is 0 Å². The average molecular weight is 436 g/mol. The summed E-state index contributed by atoms with van der Waals surface area (Å²) in [6, 6.07) is 18.8. The van der Waals surface area contributed by atoms with Crippen LogP contribution in [0.1, 0.15) is 10.4 Å². The zero-order chi connectivity index (χ0) is 22.0. The molecule has 156 valence electrons. The maximum atomic E-state index is 12.7. The fourth-order valence-corrected chi connectivity index (χ4v) is 3.49. The Balaban J connectivity index is 1.63. The molecule has 0 saturated heterocycles. The molecule has 1 heterocycles. The molecule has 31 heavy (non-hydrogen) atoms. The van der Waals surface area contributed by atoms with Crippen molar-refractivity contribution >= 4 is 34.2 Å². The van der Waals surface area contributed by atoms with E-state index in [-0.39, 0.29) is 5.91 Å². The van der Waals surface area contributed by atoms with Crippen molar-refractivity contribution in [2.75, 3.05) is 19.5 Å². The van der Waals surface area contributed by atoms with Crippen LogP contribution in [0.4, 0.5) is 5.69 Å². The van der Waals surface area contributed by atoms with Gasteiger partial charge < -0.3 is 19.2 Å². The standard InChI is InChI=1S/C24H18ClNO5/c1-29-17-9-15(10-18(13-17)30-2)23(27)26-16-7-8-19(21(25)12-16)20-11-14-5-3-4-6-22(14)31-24(20)28/h3-13H,1-2H3,(H,26,27). The van der Waals surface area contributed by atoms with Gasteiger partial charge in [-0.05, 0) is 36.4 Å². The van der Waals surface area contributed by atoms with Gasteiger partial charge in [0.15, 0.2) is 0 Å². The summed E-state index contributed by atoms with van der Waals surface area (Å²) in [5.74, 6) is 0.646. The lowest BCUT2D eigenvalue weighted by Crippen LogP contribution is -2.12. The van der Waals surface area contributed by atoms with E-state index in [1.165, 1.54) is 14.2 Å². The lowest BCUT2D eigenvalue weighted by atomic mass is 10.1. The molecule has 0 spiro atoms. The van der Waals surface area contributed by atoms with E-state index in [1.807, 2.05) is 12.1 Å². The molecule has 1 N–H and O–H groups in total. The first-order chi connectivity index (χ1) is 15.0. The predicted octanol–water partition coefficient (Wildman–Crippen LogP) is 5.38. The largest absolute Gasteiger partial charge is 0.497 e. The van der Waals surface area contributed by atoms with Gasteiger partial charge >= 0.3 is 5.63 Å². The van der Waals surface area contributed by atoms with Crippen LogP contribution in [0.5, 0.6) is 11.5 Å². The third kappa shape index (κ3) is 4.25. The summed E-state index contributed by atoms with van der Waals surface area (Å²) in [7, 11) is 3.02. The molecule has 1 aromatic heterocycles. The van der Waals surface area contributed by atoms with Gasteiger partial charge in [0.1, 0.15) is 17.1 Å². The first-order valence-corrected chi connectivity index (χ1v) is 9.73. The number of amides is 1. The Bertz CT molecular complexity index is 1320. The molecule has 0 fully saturated rings. The van der Waals surface area contributed by atoms with Gasteiger partial charge in [0.05, 0.1) is 24.8 Å². The lowest BCUT2D eigenvalue weighted by Gasteiger charge is -2.11. The van der Waals surface area contributed by atoms with Crippen molar-refractivity contribution in [1.29, 1.82) is 0 Å². The number of hydrogen-bond acceptors (Lipinski definition) is 5. The number of para-hydroxylation sites is 1. The van der Waals surface area contributed by atoms with Crippen LogP contribution >= 0.6 is 11.6 Å². The van der Waals surface area contributed by atoms with E-state index in [0.717, 1.165) is 5.39 Å². The Morgan fingerprint density at radius 3 is 2.29 bits per heavy atom. The number of anilines is 1. The van der Waals surface area contributed by atoms with Crippen LogP contribution in [0.2, 0.25) is 5.02 Å². The number of halogens is 1. The molecule has 1 amide bonds. The number of rotatable bonds is 5. The molecular formula is C24H18ClNO5. The normalized spacial score (nSPS) is 10.7. The van der Waals surface area contributed by atoms with Crippen LogP contribution in [-0.4, -0.2) is 20.1 Å². The molecule has 7 heteroatoms. The second-order valence-corrected chi connectivity index (χ2v) is 7.14. The highest BCUT2D eigenvalue weighted by Gasteiger charge is 2.14. The first kappa shape index (κ1) is 20.5. The summed E-state index contributed by atoms with van der Waals surface area (Å²) < 4.78 is 15.8. The topological polar surface area (TPSA) is 77.8 Å². The van der Waals surface area contributed by atoms with Crippen LogP contribution < -0.4 is 20.4 Å². The molecule has 0 aliphatic rings. The second kappa shape index (κ2) is 8.53. The van der Waals surface area contributed by atoms with E-state index >= 15 is 0 Å². The first-order valence-electron chi connectivity index (χ1n) is 9.36. The molecule has 3 aromatic carbocycles. The second-order valence-electron chi connectivity index (χ2n) is 6.74.